The van der Waals surface area contributed by atoms with E-state index >= 15 is 0 Å². The molecule has 19 heavy (non-hydrogen) atoms. The number of aliphatic hydroxyl groups is 2. The number of aliphatic hydroxyl groups excluding tert-OH is 2. The molecule has 2 unspecified atom stereocenters. The van der Waals surface area contributed by atoms with E-state index in [0.717, 1.165) is 0 Å². The monoisotopic (exact) mass is 310 g/mol. The van der Waals surface area contributed by atoms with Crippen LogP contribution in [0, 0.1) is 0 Å². The second-order valence-corrected chi connectivity index (χ2v) is 4.35. The van der Waals surface area contributed by atoms with E-state index in [1.54, 1.807) is 12.2 Å². The molecule has 0 fully saturated rings. The molecule has 0 spiro atoms. The largest absolute Gasteiger partial charge is 0.499 e. The number of rotatable bonds is 12. The lowest BCUT2D eigenvalue weighted by Crippen LogP contribution is -2.26. The van der Waals surface area contributed by atoms with Gasteiger partial charge in [0.25, 0.3) is 0 Å². The highest BCUT2D eigenvalue weighted by Gasteiger charge is 2.08. The Morgan fingerprint density at radius 1 is 0.789 bits per heavy atom. The van der Waals surface area contributed by atoms with Crippen LogP contribution in [-0.2, 0) is 14.2 Å². The quantitative estimate of drug-likeness (QED) is 0.315. The third-order valence-corrected chi connectivity index (χ3v) is 2.22. The molecule has 7 heteroatoms. The van der Waals surface area contributed by atoms with Crippen LogP contribution in [0.5, 0.6) is 0 Å². The summed E-state index contributed by atoms with van der Waals surface area (Å²) >= 11 is 7.93. The van der Waals surface area contributed by atoms with Crippen molar-refractivity contribution in [3.05, 3.63) is 24.7 Å². The van der Waals surface area contributed by atoms with Crippen LogP contribution >= 0.6 is 25.3 Å². The number of hydrogen-bond acceptors (Lipinski definition) is 7. The van der Waals surface area contributed by atoms with Crippen LogP contribution in [-0.4, -0.2) is 60.4 Å². The van der Waals surface area contributed by atoms with E-state index in [1.807, 2.05) is 0 Å². The van der Waals surface area contributed by atoms with Gasteiger partial charge in [0.15, 0.2) is 0 Å². The lowest BCUT2D eigenvalue weighted by molar-refractivity contribution is -0.0394. The zero-order valence-electron chi connectivity index (χ0n) is 10.7. The van der Waals surface area contributed by atoms with E-state index in [1.165, 1.54) is 12.5 Å². The predicted octanol–water partition coefficient (Wildman–Crippen LogP) is 0.645. The maximum absolute atomic E-state index is 9.47. The average Bonchev–Trinajstić information content (AvgIpc) is 2.40. The standard InChI is InChI=1S/C12H22O5S2/c13-11(7-15-3-1-5-18)9-17-10-12(14)8-16-4-2-6-19/h1-4,11-14,18-19H,5-10H2. The minimum Gasteiger partial charge on any atom is -0.499 e. The molecule has 0 aromatic heterocycles. The fourth-order valence-corrected chi connectivity index (χ4v) is 1.16. The van der Waals surface area contributed by atoms with Crippen LogP contribution in [0.4, 0.5) is 0 Å². The summed E-state index contributed by atoms with van der Waals surface area (Å²) in [6.45, 7) is 0.472. The summed E-state index contributed by atoms with van der Waals surface area (Å²) < 4.78 is 15.2. The summed E-state index contributed by atoms with van der Waals surface area (Å²) in [5.41, 5.74) is 0. The highest BCUT2D eigenvalue weighted by atomic mass is 32.1. The van der Waals surface area contributed by atoms with Gasteiger partial charge in [0, 0.05) is 11.5 Å². The fourth-order valence-electron chi connectivity index (χ4n) is 0.992. The van der Waals surface area contributed by atoms with Crippen molar-refractivity contribution >= 4 is 25.3 Å². The molecule has 0 heterocycles. The van der Waals surface area contributed by atoms with E-state index in [9.17, 15) is 10.2 Å². The van der Waals surface area contributed by atoms with Gasteiger partial charge in [0.2, 0.25) is 0 Å². The topological polar surface area (TPSA) is 68.2 Å². The van der Waals surface area contributed by atoms with Gasteiger partial charge in [0.05, 0.1) is 25.7 Å². The fraction of sp³-hybridized carbons (Fsp3) is 0.667. The maximum atomic E-state index is 9.47. The first-order valence-electron chi connectivity index (χ1n) is 5.89. The Kier molecular flexibility index (Phi) is 13.8. The molecule has 0 saturated carbocycles. The van der Waals surface area contributed by atoms with Crippen LogP contribution in [0.2, 0.25) is 0 Å². The molecule has 0 bridgehead atoms. The molecule has 0 aliphatic rings. The zero-order valence-corrected chi connectivity index (χ0v) is 12.5. The normalized spacial score (nSPS) is 14.9. The Morgan fingerprint density at radius 2 is 1.21 bits per heavy atom. The first-order valence-corrected chi connectivity index (χ1v) is 7.16. The van der Waals surface area contributed by atoms with Crippen LogP contribution in [0.15, 0.2) is 24.7 Å². The molecule has 0 aromatic carbocycles. The van der Waals surface area contributed by atoms with Gasteiger partial charge in [-0.25, -0.2) is 0 Å². The first kappa shape index (κ1) is 18.7. The summed E-state index contributed by atoms with van der Waals surface area (Å²) in [6, 6.07) is 0. The van der Waals surface area contributed by atoms with Crippen molar-refractivity contribution in [3.63, 3.8) is 0 Å². The molecule has 2 atom stereocenters. The van der Waals surface area contributed by atoms with Gasteiger partial charge in [-0.1, -0.05) is 0 Å². The minimum atomic E-state index is -0.734. The van der Waals surface area contributed by atoms with Crippen molar-refractivity contribution in [2.45, 2.75) is 12.2 Å². The first-order chi connectivity index (χ1) is 9.20. The van der Waals surface area contributed by atoms with E-state index in [2.05, 4.69) is 25.3 Å². The summed E-state index contributed by atoms with van der Waals surface area (Å²) in [6.07, 6.45) is 4.93. The van der Waals surface area contributed by atoms with E-state index in [0.29, 0.717) is 11.5 Å². The Morgan fingerprint density at radius 3 is 1.58 bits per heavy atom. The van der Waals surface area contributed by atoms with Crippen molar-refractivity contribution in [3.8, 4) is 0 Å². The lowest BCUT2D eigenvalue weighted by Gasteiger charge is -2.13. The Balaban J connectivity index is 3.44. The van der Waals surface area contributed by atoms with Crippen LogP contribution < -0.4 is 0 Å². The second-order valence-electron chi connectivity index (χ2n) is 3.62. The smallest absolute Gasteiger partial charge is 0.115 e. The molecular weight excluding hydrogens is 288 g/mol. The Labute approximate surface area is 125 Å². The Bertz CT molecular complexity index is 224. The molecule has 0 radical (unpaired) electrons. The van der Waals surface area contributed by atoms with Gasteiger partial charge in [0.1, 0.15) is 25.4 Å². The molecule has 0 aliphatic carbocycles. The predicted molar refractivity (Wildman–Crippen MR) is 80.7 cm³/mol. The van der Waals surface area contributed by atoms with Gasteiger partial charge in [-0.2, -0.15) is 25.3 Å². The van der Waals surface area contributed by atoms with E-state index in [4.69, 9.17) is 14.2 Å². The molecule has 0 amide bonds. The number of thiol groups is 2. The van der Waals surface area contributed by atoms with Crippen molar-refractivity contribution < 1.29 is 24.4 Å². The molecule has 0 rings (SSSR count). The summed E-state index contributed by atoms with van der Waals surface area (Å²) in [7, 11) is 0. The minimum absolute atomic E-state index is 0.0955. The summed E-state index contributed by atoms with van der Waals surface area (Å²) in [5.74, 6) is 1.17. The van der Waals surface area contributed by atoms with Crippen molar-refractivity contribution in [1.82, 2.24) is 0 Å². The van der Waals surface area contributed by atoms with Crippen molar-refractivity contribution in [2.75, 3.05) is 37.9 Å². The van der Waals surface area contributed by atoms with E-state index < -0.39 is 12.2 Å². The van der Waals surface area contributed by atoms with Gasteiger partial charge in [-0.3, -0.25) is 0 Å². The third kappa shape index (κ3) is 13.9. The zero-order chi connectivity index (χ0) is 14.3. The van der Waals surface area contributed by atoms with Gasteiger partial charge in [-0.05, 0) is 12.2 Å². The molecule has 0 aromatic rings. The molecule has 0 aliphatic heterocycles. The third-order valence-electron chi connectivity index (χ3n) is 1.79. The molecule has 5 nitrogen and oxygen atoms in total. The molecule has 112 valence electrons. The second kappa shape index (κ2) is 14.1. The Hall–Kier alpha value is -0.340. The highest BCUT2D eigenvalue weighted by molar-refractivity contribution is 7.80. The van der Waals surface area contributed by atoms with Crippen molar-refractivity contribution in [1.29, 1.82) is 0 Å². The maximum Gasteiger partial charge on any atom is 0.115 e. The van der Waals surface area contributed by atoms with E-state index in [-0.39, 0.29) is 26.4 Å². The number of hydrogen-bond donors (Lipinski definition) is 4. The van der Waals surface area contributed by atoms with Gasteiger partial charge < -0.3 is 24.4 Å². The van der Waals surface area contributed by atoms with Gasteiger partial charge in [-0.15, -0.1) is 0 Å². The van der Waals surface area contributed by atoms with Crippen LogP contribution in [0.1, 0.15) is 0 Å². The van der Waals surface area contributed by atoms with Gasteiger partial charge >= 0.3 is 0 Å². The summed E-state index contributed by atoms with van der Waals surface area (Å²) in [5, 5.41) is 18.9. The SMILES string of the molecule is OC(COC=CCS)COCC(O)COC=CCS. The molecule has 2 N–H and O–H groups in total. The van der Waals surface area contributed by atoms with Crippen LogP contribution in [0.3, 0.4) is 0 Å². The van der Waals surface area contributed by atoms with Crippen LogP contribution in [0.25, 0.3) is 0 Å². The molecular formula is C12H22O5S2. The summed E-state index contributed by atoms with van der Waals surface area (Å²) in [4.78, 5) is 0. The number of ether oxygens (including phenoxy) is 3. The molecule has 0 saturated heterocycles. The highest BCUT2D eigenvalue weighted by Crippen LogP contribution is 1.93. The lowest BCUT2D eigenvalue weighted by atomic mass is 10.4. The average molecular weight is 310 g/mol. The van der Waals surface area contributed by atoms with Crippen molar-refractivity contribution in [2.24, 2.45) is 0 Å².